The van der Waals surface area contributed by atoms with Crippen molar-refractivity contribution in [3.05, 3.63) is 0 Å². The van der Waals surface area contributed by atoms with Gasteiger partial charge >= 0.3 is 0 Å². The molecule has 1 N–H and O–H groups in total. The molecule has 0 amide bonds. The maximum atomic E-state index is 10.6. The SMILES string of the molecule is CC12CCC3C(C[C@H]4O[C@]45CC4(CCC35C)OCCO4)C1CCC2O. The standard InChI is InChI=1S/C21H32O4/c1-18-6-5-15-13(14(18)3-4-16(18)22)11-17-21(25-17)12-20(23-9-10-24-20)8-7-19(15,21)2/h13-17,22H,3-12H2,1-2H3/t13?,14?,15?,16?,17-,18?,19?,21-/m1/s1. The first-order chi connectivity index (χ1) is 11.9. The Labute approximate surface area is 150 Å². The van der Waals surface area contributed by atoms with Crippen LogP contribution in [0.3, 0.4) is 0 Å². The molecule has 140 valence electrons. The Bertz CT molecular complexity index is 601. The first-order valence-electron chi connectivity index (χ1n) is 10.6. The van der Waals surface area contributed by atoms with Gasteiger partial charge in [-0.2, -0.15) is 0 Å². The Balaban J connectivity index is 1.35. The third-order valence-corrected chi connectivity index (χ3v) is 9.84. The van der Waals surface area contributed by atoms with Crippen molar-refractivity contribution in [3.63, 3.8) is 0 Å². The van der Waals surface area contributed by atoms with Crippen LogP contribution in [0.15, 0.2) is 0 Å². The lowest BCUT2D eigenvalue weighted by Gasteiger charge is -2.59. The van der Waals surface area contributed by atoms with Crippen LogP contribution in [0.1, 0.15) is 65.2 Å². The monoisotopic (exact) mass is 348 g/mol. The number of ether oxygens (including phenoxy) is 3. The maximum Gasteiger partial charge on any atom is 0.171 e. The van der Waals surface area contributed by atoms with Crippen molar-refractivity contribution in [3.8, 4) is 0 Å². The molecule has 2 spiro atoms. The number of aliphatic hydroxyl groups is 1. The van der Waals surface area contributed by atoms with E-state index in [1.54, 1.807) is 0 Å². The van der Waals surface area contributed by atoms with E-state index < -0.39 is 0 Å². The van der Waals surface area contributed by atoms with E-state index in [1.165, 1.54) is 25.7 Å². The van der Waals surface area contributed by atoms with E-state index >= 15 is 0 Å². The summed E-state index contributed by atoms with van der Waals surface area (Å²) in [6.45, 7) is 6.35. The first kappa shape index (κ1) is 15.9. The lowest BCUT2D eigenvalue weighted by atomic mass is 9.44. The first-order valence-corrected chi connectivity index (χ1v) is 10.6. The summed E-state index contributed by atoms with van der Waals surface area (Å²) in [4.78, 5) is 0. The summed E-state index contributed by atoms with van der Waals surface area (Å²) in [5.41, 5.74) is 0.414. The van der Waals surface area contributed by atoms with Gasteiger partial charge in [0.05, 0.1) is 25.4 Å². The number of rotatable bonds is 0. The highest BCUT2D eigenvalue weighted by Crippen LogP contribution is 2.74. The van der Waals surface area contributed by atoms with Crippen molar-refractivity contribution in [2.24, 2.45) is 28.6 Å². The molecule has 0 aromatic rings. The molecule has 4 heteroatoms. The van der Waals surface area contributed by atoms with Crippen LogP contribution in [0.4, 0.5) is 0 Å². The van der Waals surface area contributed by atoms with E-state index in [9.17, 15) is 5.11 Å². The van der Waals surface area contributed by atoms with Crippen molar-refractivity contribution < 1.29 is 19.3 Å². The molecule has 2 aliphatic heterocycles. The maximum absolute atomic E-state index is 10.6. The Morgan fingerprint density at radius 2 is 1.72 bits per heavy atom. The van der Waals surface area contributed by atoms with Gasteiger partial charge in [-0.1, -0.05) is 13.8 Å². The van der Waals surface area contributed by atoms with Crippen molar-refractivity contribution >= 4 is 0 Å². The predicted octanol–water partition coefficient (Wildman–Crippen LogP) is 3.26. The van der Waals surface area contributed by atoms with Gasteiger partial charge in [0.25, 0.3) is 0 Å². The molecular formula is C21H32O4. The Hall–Kier alpha value is -0.160. The van der Waals surface area contributed by atoms with Gasteiger partial charge in [-0.15, -0.1) is 0 Å². The lowest BCUT2D eigenvalue weighted by Crippen LogP contribution is -2.61. The molecule has 4 nitrogen and oxygen atoms in total. The number of hydrogen-bond acceptors (Lipinski definition) is 4. The zero-order valence-corrected chi connectivity index (χ0v) is 15.6. The minimum Gasteiger partial charge on any atom is -0.393 e. The third-order valence-electron chi connectivity index (χ3n) is 9.84. The fourth-order valence-corrected chi connectivity index (χ4v) is 8.34. The second-order valence-electron chi connectivity index (χ2n) is 10.4. The molecule has 0 bridgehead atoms. The summed E-state index contributed by atoms with van der Waals surface area (Å²) in [7, 11) is 0. The fraction of sp³-hybridized carbons (Fsp3) is 1.00. The molecule has 0 aromatic heterocycles. The molecule has 6 unspecified atom stereocenters. The molecular weight excluding hydrogens is 316 g/mol. The van der Waals surface area contributed by atoms with Crippen LogP contribution in [-0.2, 0) is 14.2 Å². The molecule has 8 atom stereocenters. The average molecular weight is 348 g/mol. The highest BCUT2D eigenvalue weighted by Gasteiger charge is 2.78. The van der Waals surface area contributed by atoms with Gasteiger partial charge in [0.15, 0.2) is 5.79 Å². The van der Waals surface area contributed by atoms with Crippen molar-refractivity contribution in [2.45, 2.75) is 88.8 Å². The second-order valence-corrected chi connectivity index (χ2v) is 10.4. The van der Waals surface area contributed by atoms with Crippen LogP contribution in [-0.4, -0.2) is 41.9 Å². The second kappa shape index (κ2) is 4.63. The topological polar surface area (TPSA) is 51.2 Å². The zero-order chi connectivity index (χ0) is 17.1. The molecule has 6 rings (SSSR count). The fourth-order valence-electron chi connectivity index (χ4n) is 8.34. The van der Waals surface area contributed by atoms with Gasteiger partial charge in [-0.3, -0.25) is 0 Å². The van der Waals surface area contributed by atoms with Gasteiger partial charge in [0, 0.05) is 18.3 Å². The van der Waals surface area contributed by atoms with E-state index in [0.29, 0.717) is 12.0 Å². The zero-order valence-electron chi connectivity index (χ0n) is 15.6. The van der Waals surface area contributed by atoms with Crippen molar-refractivity contribution in [2.75, 3.05) is 13.2 Å². The molecule has 4 saturated carbocycles. The minimum absolute atomic E-state index is 0.00170. The summed E-state index contributed by atoms with van der Waals surface area (Å²) >= 11 is 0. The molecule has 6 aliphatic rings. The highest BCUT2D eigenvalue weighted by atomic mass is 16.7. The van der Waals surface area contributed by atoms with Gasteiger partial charge < -0.3 is 19.3 Å². The summed E-state index contributed by atoms with van der Waals surface area (Å²) in [6, 6.07) is 0. The van der Waals surface area contributed by atoms with Gasteiger partial charge in [-0.05, 0) is 61.7 Å². The molecule has 25 heavy (non-hydrogen) atoms. The van der Waals surface area contributed by atoms with Crippen molar-refractivity contribution in [1.29, 1.82) is 0 Å². The molecule has 0 radical (unpaired) electrons. The molecule has 0 aromatic carbocycles. The van der Waals surface area contributed by atoms with Crippen LogP contribution in [0.25, 0.3) is 0 Å². The number of fused-ring (bicyclic) bond motifs is 4. The highest BCUT2D eigenvalue weighted by molar-refractivity contribution is 5.25. The number of aliphatic hydroxyl groups excluding tert-OH is 1. The molecule has 4 aliphatic carbocycles. The average Bonchev–Trinajstić information content (AvgIpc) is 2.94. The third kappa shape index (κ3) is 1.74. The summed E-state index contributed by atoms with van der Waals surface area (Å²) in [5.74, 6) is 1.82. The Morgan fingerprint density at radius 1 is 0.920 bits per heavy atom. The summed E-state index contributed by atoms with van der Waals surface area (Å²) in [6.07, 6.45) is 9.29. The van der Waals surface area contributed by atoms with Gasteiger partial charge in [0.1, 0.15) is 5.60 Å². The summed E-state index contributed by atoms with van der Waals surface area (Å²) < 4.78 is 18.7. The normalized spacial score (nSPS) is 61.3. The number of hydrogen-bond donors (Lipinski definition) is 1. The van der Waals surface area contributed by atoms with Crippen molar-refractivity contribution in [1.82, 2.24) is 0 Å². The van der Waals surface area contributed by atoms with Gasteiger partial charge in [-0.25, -0.2) is 0 Å². The lowest BCUT2D eigenvalue weighted by molar-refractivity contribution is -0.227. The number of epoxide rings is 1. The van der Waals surface area contributed by atoms with E-state index in [1.807, 2.05) is 0 Å². The van der Waals surface area contributed by atoms with Crippen LogP contribution >= 0.6 is 0 Å². The predicted molar refractivity (Wildman–Crippen MR) is 91.9 cm³/mol. The summed E-state index contributed by atoms with van der Waals surface area (Å²) in [5, 5.41) is 10.6. The molecule has 6 fully saturated rings. The minimum atomic E-state index is -0.353. The van der Waals surface area contributed by atoms with Crippen LogP contribution in [0.5, 0.6) is 0 Å². The van der Waals surface area contributed by atoms with E-state index in [2.05, 4.69) is 13.8 Å². The Morgan fingerprint density at radius 3 is 2.52 bits per heavy atom. The largest absolute Gasteiger partial charge is 0.393 e. The van der Waals surface area contributed by atoms with Gasteiger partial charge in [0.2, 0.25) is 0 Å². The molecule has 2 saturated heterocycles. The van der Waals surface area contributed by atoms with E-state index in [0.717, 1.165) is 50.7 Å². The van der Waals surface area contributed by atoms with E-state index in [4.69, 9.17) is 14.2 Å². The molecule has 2 heterocycles. The smallest absolute Gasteiger partial charge is 0.171 e. The Kier molecular flexibility index (Phi) is 2.93. The van der Waals surface area contributed by atoms with Crippen LogP contribution in [0.2, 0.25) is 0 Å². The van der Waals surface area contributed by atoms with E-state index in [-0.39, 0.29) is 28.3 Å². The van der Waals surface area contributed by atoms with Crippen LogP contribution < -0.4 is 0 Å². The van der Waals surface area contributed by atoms with Crippen LogP contribution in [0, 0.1) is 28.6 Å². The quantitative estimate of drug-likeness (QED) is 0.683.